The van der Waals surface area contributed by atoms with Crippen molar-refractivity contribution in [1.82, 2.24) is 9.97 Å². The molecule has 0 saturated heterocycles. The predicted molar refractivity (Wildman–Crippen MR) is 118 cm³/mol. The van der Waals surface area contributed by atoms with Crippen molar-refractivity contribution < 1.29 is 0 Å². The Labute approximate surface area is 165 Å². The van der Waals surface area contributed by atoms with Crippen molar-refractivity contribution in [3.8, 4) is 0 Å². The molecule has 0 aliphatic rings. The normalized spacial score (nSPS) is 12.2. The molecule has 3 heteroatoms. The van der Waals surface area contributed by atoms with Crippen molar-refractivity contribution in [2.45, 2.75) is 90.4 Å². The van der Waals surface area contributed by atoms with Gasteiger partial charge in [-0.1, -0.05) is 0 Å². The summed E-state index contributed by atoms with van der Waals surface area (Å²) in [6, 6.07) is 6.90. The Kier molecular flexibility index (Phi) is 8.85. The monoisotopic (exact) mass is 462 g/mol. The first-order chi connectivity index (χ1) is 12.5. The van der Waals surface area contributed by atoms with Gasteiger partial charge in [-0.05, 0) is 0 Å². The van der Waals surface area contributed by atoms with Gasteiger partial charge in [-0.15, -0.1) is 0 Å². The number of nitrogens with zero attached hydrogens (tertiary/aromatic N) is 2. The molecule has 0 amide bonds. The molecular formula is C23H38N2Sn. The zero-order valence-corrected chi connectivity index (χ0v) is 20.5. The number of hydrogen-bond acceptors (Lipinski definition) is 2. The van der Waals surface area contributed by atoms with Crippen molar-refractivity contribution in [2.75, 3.05) is 0 Å². The quantitative estimate of drug-likeness (QED) is 0.329. The van der Waals surface area contributed by atoms with Crippen LogP contribution >= 0.6 is 0 Å². The van der Waals surface area contributed by atoms with E-state index < -0.39 is 18.4 Å². The molecule has 0 atom stereocenters. The predicted octanol–water partition coefficient (Wildman–Crippen LogP) is 7.29. The zero-order valence-electron chi connectivity index (χ0n) is 17.6. The Bertz CT molecular complexity index is 673. The van der Waals surface area contributed by atoms with Crippen molar-refractivity contribution in [3.05, 3.63) is 35.7 Å². The third kappa shape index (κ3) is 5.93. The Hall–Kier alpha value is -0.641. The van der Waals surface area contributed by atoms with E-state index in [-0.39, 0.29) is 0 Å². The van der Waals surface area contributed by atoms with Gasteiger partial charge in [-0.2, -0.15) is 0 Å². The van der Waals surface area contributed by atoms with Crippen LogP contribution in [0, 0.1) is 0 Å². The van der Waals surface area contributed by atoms with Crippen LogP contribution < -0.4 is 0 Å². The minimum atomic E-state index is -2.11. The van der Waals surface area contributed by atoms with Gasteiger partial charge in [-0.25, -0.2) is 0 Å². The molecule has 0 aliphatic carbocycles. The van der Waals surface area contributed by atoms with Gasteiger partial charge in [0.05, 0.1) is 0 Å². The molecule has 2 rings (SSSR count). The van der Waals surface area contributed by atoms with Gasteiger partial charge in [0.1, 0.15) is 0 Å². The van der Waals surface area contributed by atoms with Gasteiger partial charge in [0.15, 0.2) is 0 Å². The minimum absolute atomic E-state index is 0.433. The molecule has 0 unspecified atom stereocenters. The summed E-state index contributed by atoms with van der Waals surface area (Å²) in [4.78, 5) is 9.53. The average Bonchev–Trinajstić information content (AvgIpc) is 2.64. The molecule has 0 radical (unpaired) electrons. The van der Waals surface area contributed by atoms with Crippen LogP contribution in [0.15, 0.2) is 24.4 Å². The van der Waals surface area contributed by atoms with Crippen LogP contribution in [0.1, 0.15) is 83.9 Å². The number of hydrogen-bond donors (Lipinski definition) is 0. The number of rotatable bonds is 11. The summed E-state index contributed by atoms with van der Waals surface area (Å²) in [6.07, 6.45) is 8.89. The summed E-state index contributed by atoms with van der Waals surface area (Å²) >= 11 is -2.11. The topological polar surface area (TPSA) is 25.8 Å². The molecule has 144 valence electrons. The SMILES string of the molecule is CCC[CH2][Sn]([CH2]CC)([CH2]CCC)[CH2]c1ccc2nc(C(C)C)cnc2c1. The van der Waals surface area contributed by atoms with Crippen LogP contribution in [0.25, 0.3) is 11.0 Å². The van der Waals surface area contributed by atoms with Gasteiger partial charge in [0, 0.05) is 0 Å². The molecule has 1 aromatic heterocycles. The Morgan fingerprint density at radius 1 is 0.885 bits per heavy atom. The molecule has 0 spiro atoms. The van der Waals surface area contributed by atoms with E-state index in [4.69, 9.17) is 9.97 Å². The van der Waals surface area contributed by atoms with E-state index in [1.807, 2.05) is 6.20 Å². The third-order valence-electron chi connectivity index (χ3n) is 5.70. The van der Waals surface area contributed by atoms with E-state index in [0.29, 0.717) is 5.92 Å². The molecule has 0 fully saturated rings. The molecule has 0 N–H and O–H groups in total. The summed E-state index contributed by atoms with van der Waals surface area (Å²) in [7, 11) is 0. The Morgan fingerprint density at radius 2 is 1.58 bits per heavy atom. The van der Waals surface area contributed by atoms with Crippen LogP contribution in [-0.2, 0) is 4.44 Å². The van der Waals surface area contributed by atoms with Crippen LogP contribution in [0.4, 0.5) is 0 Å². The molecular weight excluding hydrogens is 423 g/mol. The fraction of sp³-hybridized carbons (Fsp3) is 0.652. The molecule has 0 bridgehead atoms. The summed E-state index contributed by atoms with van der Waals surface area (Å²) in [5.74, 6) is 0.433. The van der Waals surface area contributed by atoms with Crippen LogP contribution in [0.3, 0.4) is 0 Å². The number of benzene rings is 1. The third-order valence-corrected chi connectivity index (χ3v) is 21.5. The molecule has 1 aromatic carbocycles. The first-order valence-electron chi connectivity index (χ1n) is 10.8. The van der Waals surface area contributed by atoms with Gasteiger partial charge < -0.3 is 0 Å². The van der Waals surface area contributed by atoms with Crippen molar-refractivity contribution in [2.24, 2.45) is 0 Å². The Morgan fingerprint density at radius 3 is 2.15 bits per heavy atom. The fourth-order valence-corrected chi connectivity index (χ4v) is 20.2. The molecule has 1 heterocycles. The standard InChI is InChI=1S/C12H13N2.2C4H9.C3H7.Sn/c1-8(2)12-7-13-11-6-9(3)4-5-10(11)14-12;2*1-3-4-2;1-3-2;/h4-8H,3H2,1-2H3;2*1,3-4H2,2H3;1,3H2,2H3;. The number of aromatic nitrogens is 2. The second-order valence-electron chi connectivity index (χ2n) is 8.41. The van der Waals surface area contributed by atoms with E-state index in [1.54, 1.807) is 13.3 Å². The van der Waals surface area contributed by atoms with E-state index in [1.165, 1.54) is 42.1 Å². The number of unbranched alkanes of at least 4 members (excludes halogenated alkanes) is 2. The van der Waals surface area contributed by atoms with Crippen LogP contribution in [-0.4, -0.2) is 28.3 Å². The van der Waals surface area contributed by atoms with E-state index in [0.717, 1.165) is 16.7 Å². The molecule has 26 heavy (non-hydrogen) atoms. The van der Waals surface area contributed by atoms with Gasteiger partial charge in [-0.3, -0.25) is 0 Å². The van der Waals surface area contributed by atoms with Gasteiger partial charge >= 0.3 is 165 Å². The fourth-order valence-electron chi connectivity index (χ4n) is 4.17. The van der Waals surface area contributed by atoms with E-state index in [9.17, 15) is 0 Å². The first kappa shape index (κ1) is 21.7. The van der Waals surface area contributed by atoms with Crippen LogP contribution in [0.2, 0.25) is 13.3 Å². The van der Waals surface area contributed by atoms with Gasteiger partial charge in [0.2, 0.25) is 0 Å². The van der Waals surface area contributed by atoms with Crippen molar-refractivity contribution >= 4 is 29.4 Å². The van der Waals surface area contributed by atoms with Crippen molar-refractivity contribution in [3.63, 3.8) is 0 Å². The molecule has 2 nitrogen and oxygen atoms in total. The molecule has 0 saturated carbocycles. The summed E-state index contributed by atoms with van der Waals surface area (Å²) in [6.45, 7) is 11.4. The van der Waals surface area contributed by atoms with E-state index >= 15 is 0 Å². The average molecular weight is 461 g/mol. The maximum absolute atomic E-state index is 4.80. The second-order valence-corrected chi connectivity index (χ2v) is 22.3. The first-order valence-corrected chi connectivity index (χ1v) is 18.9. The maximum atomic E-state index is 4.80. The van der Waals surface area contributed by atoms with Gasteiger partial charge in [0.25, 0.3) is 0 Å². The van der Waals surface area contributed by atoms with Crippen LogP contribution in [0.5, 0.6) is 0 Å². The summed E-state index contributed by atoms with van der Waals surface area (Å²) in [5, 5.41) is 0. The van der Waals surface area contributed by atoms with E-state index in [2.05, 4.69) is 52.8 Å². The summed E-state index contributed by atoms with van der Waals surface area (Å²) < 4.78 is 6.07. The molecule has 0 aliphatic heterocycles. The summed E-state index contributed by atoms with van der Waals surface area (Å²) in [5.41, 5.74) is 4.75. The zero-order chi connectivity index (χ0) is 19.0. The number of fused-ring (bicyclic) bond motifs is 1. The molecule has 2 aromatic rings. The van der Waals surface area contributed by atoms with Crippen molar-refractivity contribution in [1.29, 1.82) is 0 Å². The second kappa shape index (κ2) is 10.6. The Balaban J connectivity index is 2.28.